The van der Waals surface area contributed by atoms with Gasteiger partial charge in [0.25, 0.3) is 5.56 Å². The maximum Gasteiger partial charge on any atom is 0.469 e. The zero-order chi connectivity index (χ0) is 17.6. The molecular weight excluding hydrogens is 347 g/mol. The summed E-state index contributed by atoms with van der Waals surface area (Å²) < 4.78 is 21.9. The standard InChI is InChI=1S/C10H15N6O7P/c11-4-6(17)3(1-22-24(19,20)21)23-9(4)16-2-13-5-7(16)14-10(12)15-8(5)18/h2-4,6,9,17H,1,11H2,(H2,19,20,21)(H3,12,14,15,18)/t3-,4-,6-,9-/m1/s1. The molecule has 3 rings (SSSR count). The van der Waals surface area contributed by atoms with Crippen LogP contribution in [0, 0.1) is 0 Å². The number of anilines is 1. The Bertz CT molecular complexity index is 861. The molecule has 0 aromatic carbocycles. The van der Waals surface area contributed by atoms with Gasteiger partial charge in [0.2, 0.25) is 5.95 Å². The van der Waals surface area contributed by atoms with E-state index >= 15 is 0 Å². The number of H-pyrrole nitrogens is 1. The summed E-state index contributed by atoms with van der Waals surface area (Å²) in [6.07, 6.45) is -2.09. The molecule has 8 N–H and O–H groups in total. The number of ether oxygens (including phenoxy) is 1. The quantitative estimate of drug-likeness (QED) is 0.310. The number of aromatic amines is 1. The molecule has 1 fully saturated rings. The smallest absolute Gasteiger partial charge is 0.389 e. The van der Waals surface area contributed by atoms with Gasteiger partial charge in [-0.1, -0.05) is 0 Å². The molecule has 0 amide bonds. The molecule has 1 aliphatic heterocycles. The SMILES string of the molecule is Nc1nc2c(ncn2[C@@H]2O[C@H](COP(=O)(O)O)[C@@H](O)[C@H]2N)c(=O)[nH]1. The molecule has 13 nitrogen and oxygen atoms in total. The van der Waals surface area contributed by atoms with Gasteiger partial charge in [-0.3, -0.25) is 18.9 Å². The Morgan fingerprint density at radius 3 is 2.88 bits per heavy atom. The average Bonchev–Trinajstić information content (AvgIpc) is 3.00. The van der Waals surface area contributed by atoms with Crippen LogP contribution in [-0.2, 0) is 13.8 Å². The fourth-order valence-electron chi connectivity index (χ4n) is 2.46. The molecule has 2 aromatic heterocycles. The minimum Gasteiger partial charge on any atom is -0.389 e. The average molecular weight is 362 g/mol. The van der Waals surface area contributed by atoms with E-state index in [0.29, 0.717) is 0 Å². The molecule has 24 heavy (non-hydrogen) atoms. The lowest BCUT2D eigenvalue weighted by Gasteiger charge is -2.17. The summed E-state index contributed by atoms with van der Waals surface area (Å²) in [5, 5.41) is 10.1. The number of nitrogen functional groups attached to an aromatic ring is 1. The number of rotatable bonds is 4. The van der Waals surface area contributed by atoms with Crippen LogP contribution in [-0.4, -0.2) is 59.3 Å². The summed E-state index contributed by atoms with van der Waals surface area (Å²) in [6, 6.07) is -0.977. The number of phosphoric ester groups is 1. The molecule has 0 spiro atoms. The lowest BCUT2D eigenvalue weighted by molar-refractivity contribution is -0.0429. The van der Waals surface area contributed by atoms with Gasteiger partial charge in [-0.15, -0.1) is 0 Å². The van der Waals surface area contributed by atoms with E-state index in [-0.39, 0.29) is 17.1 Å². The molecule has 0 aliphatic carbocycles. The van der Waals surface area contributed by atoms with Crippen LogP contribution in [0.4, 0.5) is 5.95 Å². The predicted octanol–water partition coefficient (Wildman–Crippen LogP) is -2.60. The fourth-order valence-corrected chi connectivity index (χ4v) is 2.80. The first-order chi connectivity index (χ1) is 11.2. The summed E-state index contributed by atoms with van der Waals surface area (Å²) in [4.78, 5) is 39.4. The highest BCUT2D eigenvalue weighted by molar-refractivity contribution is 7.46. The highest BCUT2D eigenvalue weighted by atomic mass is 31.2. The second kappa shape index (κ2) is 5.89. The lowest BCUT2D eigenvalue weighted by atomic mass is 10.1. The molecule has 14 heteroatoms. The molecule has 0 radical (unpaired) electrons. The zero-order valence-corrected chi connectivity index (χ0v) is 12.9. The molecule has 3 heterocycles. The number of imidazole rings is 1. The van der Waals surface area contributed by atoms with Crippen molar-refractivity contribution in [1.29, 1.82) is 0 Å². The molecule has 0 bridgehead atoms. The number of nitrogens with one attached hydrogen (secondary N) is 1. The van der Waals surface area contributed by atoms with Crippen molar-refractivity contribution in [3.8, 4) is 0 Å². The van der Waals surface area contributed by atoms with Crippen LogP contribution >= 0.6 is 7.82 Å². The van der Waals surface area contributed by atoms with Crippen molar-refractivity contribution >= 4 is 24.9 Å². The second-order valence-electron chi connectivity index (χ2n) is 5.19. The molecule has 1 saturated heterocycles. The molecule has 0 unspecified atom stereocenters. The number of hydrogen-bond acceptors (Lipinski definition) is 9. The third-order valence-corrected chi connectivity index (χ3v) is 4.04. The van der Waals surface area contributed by atoms with Crippen LogP contribution in [0.3, 0.4) is 0 Å². The number of fused-ring (bicyclic) bond motifs is 1. The molecule has 2 aromatic rings. The van der Waals surface area contributed by atoms with Crippen LogP contribution in [0.25, 0.3) is 11.2 Å². The minimum atomic E-state index is -4.72. The number of nitrogens with zero attached hydrogens (tertiary/aromatic N) is 3. The van der Waals surface area contributed by atoms with Crippen molar-refractivity contribution in [2.75, 3.05) is 12.3 Å². The van der Waals surface area contributed by atoms with Gasteiger partial charge in [-0.2, -0.15) is 4.98 Å². The Balaban J connectivity index is 1.90. The maximum absolute atomic E-state index is 11.8. The van der Waals surface area contributed by atoms with Crippen molar-refractivity contribution in [3.05, 3.63) is 16.7 Å². The van der Waals surface area contributed by atoms with Crippen LogP contribution < -0.4 is 17.0 Å². The molecule has 0 saturated carbocycles. The Kier molecular flexibility index (Phi) is 4.17. The van der Waals surface area contributed by atoms with Crippen molar-refractivity contribution < 1.29 is 28.7 Å². The van der Waals surface area contributed by atoms with Crippen molar-refractivity contribution in [3.63, 3.8) is 0 Å². The van der Waals surface area contributed by atoms with Gasteiger partial charge >= 0.3 is 7.82 Å². The third-order valence-electron chi connectivity index (χ3n) is 3.55. The first-order valence-corrected chi connectivity index (χ1v) is 8.22. The molecular formula is C10H15N6O7P. The first-order valence-electron chi connectivity index (χ1n) is 6.69. The minimum absolute atomic E-state index is 0.00408. The van der Waals surface area contributed by atoms with Gasteiger partial charge in [0.15, 0.2) is 17.4 Å². The van der Waals surface area contributed by atoms with Crippen molar-refractivity contribution in [2.45, 2.75) is 24.5 Å². The molecule has 4 atom stereocenters. The number of aliphatic hydroxyl groups is 1. The summed E-state index contributed by atoms with van der Waals surface area (Å²) in [5.41, 5.74) is 10.9. The first kappa shape index (κ1) is 17.0. The van der Waals surface area contributed by atoms with E-state index in [2.05, 4.69) is 19.5 Å². The van der Waals surface area contributed by atoms with Crippen molar-refractivity contribution in [1.82, 2.24) is 19.5 Å². The Morgan fingerprint density at radius 2 is 2.21 bits per heavy atom. The van der Waals surface area contributed by atoms with Gasteiger partial charge in [0, 0.05) is 0 Å². The highest BCUT2D eigenvalue weighted by Crippen LogP contribution is 2.38. The van der Waals surface area contributed by atoms with Gasteiger partial charge in [0.1, 0.15) is 12.2 Å². The van der Waals surface area contributed by atoms with Gasteiger partial charge in [-0.25, -0.2) is 9.55 Å². The van der Waals surface area contributed by atoms with Crippen LogP contribution in [0.15, 0.2) is 11.1 Å². The zero-order valence-electron chi connectivity index (χ0n) is 12.0. The second-order valence-corrected chi connectivity index (χ2v) is 6.43. The predicted molar refractivity (Wildman–Crippen MR) is 78.4 cm³/mol. The van der Waals surface area contributed by atoms with E-state index in [1.165, 1.54) is 10.9 Å². The summed E-state index contributed by atoms with van der Waals surface area (Å²) >= 11 is 0. The van der Waals surface area contributed by atoms with Gasteiger partial charge < -0.3 is 31.1 Å². The van der Waals surface area contributed by atoms with E-state index in [0.717, 1.165) is 0 Å². The summed E-state index contributed by atoms with van der Waals surface area (Å²) in [6.45, 7) is -0.571. The maximum atomic E-state index is 11.8. The van der Waals surface area contributed by atoms with Gasteiger partial charge in [-0.05, 0) is 0 Å². The topological polar surface area (TPSA) is 212 Å². The number of phosphoric acid groups is 1. The Morgan fingerprint density at radius 1 is 1.50 bits per heavy atom. The normalized spacial score (nSPS) is 27.8. The third kappa shape index (κ3) is 3.06. The number of nitrogens with two attached hydrogens (primary N) is 2. The monoisotopic (exact) mass is 362 g/mol. The van der Waals surface area contributed by atoms with Crippen LogP contribution in [0.5, 0.6) is 0 Å². The summed E-state index contributed by atoms with van der Waals surface area (Å²) in [7, 11) is -4.72. The van der Waals surface area contributed by atoms with E-state index < -0.39 is 44.5 Å². The number of aliphatic hydroxyl groups excluding tert-OH is 1. The summed E-state index contributed by atoms with van der Waals surface area (Å²) in [5.74, 6) is -0.136. The van der Waals surface area contributed by atoms with Crippen LogP contribution in [0.2, 0.25) is 0 Å². The molecule has 1 aliphatic rings. The Labute approximate surface area is 133 Å². The fraction of sp³-hybridized carbons (Fsp3) is 0.500. The molecule has 132 valence electrons. The highest BCUT2D eigenvalue weighted by Gasteiger charge is 2.44. The Hall–Kier alpha value is -1.86. The number of hydrogen-bond donors (Lipinski definition) is 6. The van der Waals surface area contributed by atoms with Crippen LogP contribution in [0.1, 0.15) is 6.23 Å². The van der Waals surface area contributed by atoms with E-state index in [4.69, 9.17) is 26.0 Å². The van der Waals surface area contributed by atoms with Crippen molar-refractivity contribution in [2.24, 2.45) is 5.73 Å². The van der Waals surface area contributed by atoms with E-state index in [1.54, 1.807) is 0 Å². The van der Waals surface area contributed by atoms with Gasteiger partial charge in [0.05, 0.1) is 19.0 Å². The largest absolute Gasteiger partial charge is 0.469 e. The lowest BCUT2D eigenvalue weighted by Crippen LogP contribution is -2.40. The van der Waals surface area contributed by atoms with E-state index in [1.807, 2.05) is 0 Å². The number of aromatic nitrogens is 4. The van der Waals surface area contributed by atoms with E-state index in [9.17, 15) is 14.5 Å².